The summed E-state index contributed by atoms with van der Waals surface area (Å²) in [7, 11) is 1.60. The first-order chi connectivity index (χ1) is 16.2. The van der Waals surface area contributed by atoms with Gasteiger partial charge in [-0.25, -0.2) is 9.97 Å². The van der Waals surface area contributed by atoms with E-state index in [1.807, 2.05) is 54.6 Å². The van der Waals surface area contributed by atoms with Crippen LogP contribution in [0.4, 0.5) is 5.82 Å². The lowest BCUT2D eigenvalue weighted by molar-refractivity contribution is 0.398. The molecule has 5 nitrogen and oxygen atoms in total. The largest absolute Gasteiger partial charge is 0.481 e. The van der Waals surface area contributed by atoms with Crippen molar-refractivity contribution in [1.29, 1.82) is 0 Å². The number of hydrogen-bond donors (Lipinski definition) is 1. The van der Waals surface area contributed by atoms with E-state index >= 15 is 0 Å². The van der Waals surface area contributed by atoms with E-state index in [2.05, 4.69) is 39.6 Å². The molecule has 0 fully saturated rings. The second-order valence-electron chi connectivity index (χ2n) is 7.48. The van der Waals surface area contributed by atoms with E-state index in [0.717, 1.165) is 38.7 Å². The van der Waals surface area contributed by atoms with Gasteiger partial charge < -0.3 is 10.1 Å². The van der Waals surface area contributed by atoms with Crippen molar-refractivity contribution >= 4 is 28.2 Å². The van der Waals surface area contributed by atoms with Gasteiger partial charge in [0.15, 0.2) is 0 Å². The van der Waals surface area contributed by atoms with Crippen molar-refractivity contribution in [3.63, 3.8) is 0 Å². The summed E-state index contributed by atoms with van der Waals surface area (Å²) in [6.45, 7) is 0.533. The Labute approximate surface area is 197 Å². The van der Waals surface area contributed by atoms with Crippen molar-refractivity contribution in [3.05, 3.63) is 102 Å². The number of pyridine rings is 3. The summed E-state index contributed by atoms with van der Waals surface area (Å²) in [4.78, 5) is 13.5. The maximum Gasteiger partial charge on any atom is 0.213 e. The van der Waals surface area contributed by atoms with Crippen LogP contribution in [-0.2, 0) is 6.54 Å². The van der Waals surface area contributed by atoms with Gasteiger partial charge in [0.1, 0.15) is 11.0 Å². The van der Waals surface area contributed by atoms with E-state index in [-0.39, 0.29) is 0 Å². The Kier molecular flexibility index (Phi) is 5.87. The standard InChI is InChI=1S/C27H21ClN4O/c1-33-23-16-19(13-15-30-23)24-22-12-7-11-21(18-8-3-2-4-9-18)25(22)27(32-26(24)28)31-17-20-10-5-6-14-29-20/h2-16H,17H2,1H3,(H,31,32). The first-order valence-corrected chi connectivity index (χ1v) is 10.9. The van der Waals surface area contributed by atoms with Gasteiger partial charge in [-0.15, -0.1) is 0 Å². The minimum atomic E-state index is 0.407. The predicted molar refractivity (Wildman–Crippen MR) is 134 cm³/mol. The van der Waals surface area contributed by atoms with Crippen molar-refractivity contribution in [1.82, 2.24) is 15.0 Å². The van der Waals surface area contributed by atoms with Gasteiger partial charge in [0, 0.05) is 29.4 Å². The normalized spacial score (nSPS) is 10.8. The first kappa shape index (κ1) is 20.9. The smallest absolute Gasteiger partial charge is 0.213 e. The Bertz CT molecular complexity index is 1410. The van der Waals surface area contributed by atoms with Gasteiger partial charge in [0.25, 0.3) is 0 Å². The highest BCUT2D eigenvalue weighted by Crippen LogP contribution is 2.42. The van der Waals surface area contributed by atoms with Crippen LogP contribution in [0.2, 0.25) is 5.15 Å². The second-order valence-corrected chi connectivity index (χ2v) is 7.84. The van der Waals surface area contributed by atoms with Crippen molar-refractivity contribution in [2.75, 3.05) is 12.4 Å². The number of benzene rings is 2. The quantitative estimate of drug-likeness (QED) is 0.293. The zero-order valence-corrected chi connectivity index (χ0v) is 18.8. The van der Waals surface area contributed by atoms with E-state index in [1.165, 1.54) is 0 Å². The number of nitrogens with one attached hydrogen (secondary N) is 1. The lowest BCUT2D eigenvalue weighted by Crippen LogP contribution is -2.05. The number of ether oxygens (including phenoxy) is 1. The third-order valence-electron chi connectivity index (χ3n) is 5.47. The van der Waals surface area contributed by atoms with Crippen LogP contribution in [0, 0.1) is 0 Å². The number of halogens is 1. The Morgan fingerprint density at radius 3 is 2.48 bits per heavy atom. The molecule has 0 aliphatic rings. The molecule has 33 heavy (non-hydrogen) atoms. The fourth-order valence-corrected chi connectivity index (χ4v) is 4.25. The fraction of sp³-hybridized carbons (Fsp3) is 0.0741. The SMILES string of the molecule is COc1cc(-c2c(Cl)nc(NCc3ccccn3)c3c(-c4ccccc4)cccc23)ccn1. The number of anilines is 1. The monoisotopic (exact) mass is 452 g/mol. The summed E-state index contributed by atoms with van der Waals surface area (Å²) >= 11 is 6.79. The van der Waals surface area contributed by atoms with Crippen LogP contribution in [0.3, 0.4) is 0 Å². The molecule has 0 spiro atoms. The van der Waals surface area contributed by atoms with Crippen LogP contribution in [0.15, 0.2) is 91.3 Å². The summed E-state index contributed by atoms with van der Waals surface area (Å²) in [6, 6.07) is 26.1. The lowest BCUT2D eigenvalue weighted by Gasteiger charge is -2.17. The molecule has 0 aliphatic carbocycles. The molecule has 5 rings (SSSR count). The van der Waals surface area contributed by atoms with Crippen LogP contribution in [0.25, 0.3) is 33.0 Å². The highest BCUT2D eigenvalue weighted by atomic mass is 35.5. The second kappa shape index (κ2) is 9.27. The molecule has 2 aromatic carbocycles. The molecular formula is C27H21ClN4O. The van der Waals surface area contributed by atoms with Crippen LogP contribution in [0.1, 0.15) is 5.69 Å². The summed E-state index contributed by atoms with van der Waals surface area (Å²) in [5.41, 5.74) is 4.83. The molecule has 0 amide bonds. The van der Waals surface area contributed by atoms with Crippen LogP contribution in [0.5, 0.6) is 5.88 Å². The minimum Gasteiger partial charge on any atom is -0.481 e. The van der Waals surface area contributed by atoms with Gasteiger partial charge in [0.05, 0.1) is 19.3 Å². The Morgan fingerprint density at radius 1 is 0.848 bits per heavy atom. The molecule has 0 radical (unpaired) electrons. The highest BCUT2D eigenvalue weighted by molar-refractivity contribution is 6.34. The van der Waals surface area contributed by atoms with Crippen LogP contribution >= 0.6 is 11.6 Å². The van der Waals surface area contributed by atoms with Crippen molar-refractivity contribution in [2.45, 2.75) is 6.54 Å². The van der Waals surface area contributed by atoms with Gasteiger partial charge in [-0.2, -0.15) is 0 Å². The predicted octanol–water partition coefficient (Wildman–Crippen LogP) is 6.63. The number of rotatable bonds is 6. The Balaban J connectivity index is 1.74. The third-order valence-corrected chi connectivity index (χ3v) is 5.74. The van der Waals surface area contributed by atoms with Crippen molar-refractivity contribution in [2.24, 2.45) is 0 Å². The number of hydrogen-bond acceptors (Lipinski definition) is 5. The van der Waals surface area contributed by atoms with Crippen molar-refractivity contribution in [3.8, 4) is 28.1 Å². The Morgan fingerprint density at radius 2 is 1.70 bits per heavy atom. The highest BCUT2D eigenvalue weighted by Gasteiger charge is 2.18. The molecule has 0 atom stereocenters. The summed E-state index contributed by atoms with van der Waals surface area (Å²) in [5, 5.41) is 5.86. The van der Waals surface area contributed by atoms with Crippen molar-refractivity contribution < 1.29 is 4.74 Å². The molecule has 6 heteroatoms. The van der Waals surface area contributed by atoms with Crippen LogP contribution < -0.4 is 10.1 Å². The third kappa shape index (κ3) is 4.23. The lowest BCUT2D eigenvalue weighted by atomic mass is 9.94. The van der Waals surface area contributed by atoms with Gasteiger partial charge in [-0.3, -0.25) is 4.98 Å². The molecule has 3 heterocycles. The Hall–Kier alpha value is -3.96. The molecule has 162 valence electrons. The topological polar surface area (TPSA) is 59.9 Å². The average Bonchev–Trinajstić information content (AvgIpc) is 2.88. The summed E-state index contributed by atoms with van der Waals surface area (Å²) in [5.74, 6) is 1.23. The zero-order valence-electron chi connectivity index (χ0n) is 18.0. The number of fused-ring (bicyclic) bond motifs is 1. The molecule has 1 N–H and O–H groups in total. The van der Waals surface area contributed by atoms with Gasteiger partial charge >= 0.3 is 0 Å². The molecule has 0 unspecified atom stereocenters. The van der Waals surface area contributed by atoms with Gasteiger partial charge in [0.2, 0.25) is 5.88 Å². The maximum absolute atomic E-state index is 6.79. The molecule has 0 saturated carbocycles. The van der Waals surface area contributed by atoms with E-state index < -0.39 is 0 Å². The van der Waals surface area contributed by atoms with Gasteiger partial charge in [-0.05, 0) is 40.3 Å². The molecule has 0 saturated heterocycles. The molecule has 0 bridgehead atoms. The summed E-state index contributed by atoms with van der Waals surface area (Å²) in [6.07, 6.45) is 3.50. The molecule has 3 aromatic heterocycles. The zero-order chi connectivity index (χ0) is 22.6. The fourth-order valence-electron chi connectivity index (χ4n) is 3.95. The summed E-state index contributed by atoms with van der Waals surface area (Å²) < 4.78 is 5.34. The number of aromatic nitrogens is 3. The average molecular weight is 453 g/mol. The number of nitrogens with zero attached hydrogens (tertiary/aromatic N) is 3. The van der Waals surface area contributed by atoms with E-state index in [1.54, 1.807) is 19.5 Å². The minimum absolute atomic E-state index is 0.407. The van der Waals surface area contributed by atoms with E-state index in [9.17, 15) is 0 Å². The van der Waals surface area contributed by atoms with Crippen LogP contribution in [-0.4, -0.2) is 22.1 Å². The maximum atomic E-state index is 6.79. The van der Waals surface area contributed by atoms with E-state index in [4.69, 9.17) is 21.3 Å². The molecule has 5 aromatic rings. The molecular weight excluding hydrogens is 432 g/mol. The molecule has 0 aliphatic heterocycles. The first-order valence-electron chi connectivity index (χ1n) is 10.6. The number of methoxy groups -OCH3 is 1. The van der Waals surface area contributed by atoms with Gasteiger partial charge in [-0.1, -0.05) is 66.2 Å². The van der Waals surface area contributed by atoms with E-state index in [0.29, 0.717) is 23.4 Å².